The number of nitrogens with zero attached hydrogens (tertiary/aromatic N) is 2. The molecule has 1 aliphatic carbocycles. The van der Waals surface area contributed by atoms with E-state index in [1.165, 1.54) is 23.1 Å². The fourth-order valence-electron chi connectivity index (χ4n) is 5.09. The number of benzene rings is 2. The Balaban J connectivity index is 0.00000304. The van der Waals surface area contributed by atoms with Gasteiger partial charge < -0.3 is 10.1 Å². The molecule has 3 aromatic rings. The summed E-state index contributed by atoms with van der Waals surface area (Å²) in [6.07, 6.45) is 5.10. The van der Waals surface area contributed by atoms with Crippen LogP contribution in [0.3, 0.4) is 0 Å². The zero-order valence-electron chi connectivity index (χ0n) is 20.0. The number of fused-ring (bicyclic) bond motifs is 1. The van der Waals surface area contributed by atoms with E-state index in [-0.39, 0.29) is 41.4 Å². The fraction of sp³-hybridized carbons (Fsp3) is 0.440. The monoisotopic (exact) mass is 568 g/mol. The summed E-state index contributed by atoms with van der Waals surface area (Å²) in [4.78, 5) is 0. The largest absolute Gasteiger partial charge is 0.492 e. The van der Waals surface area contributed by atoms with Gasteiger partial charge in [0.2, 0.25) is 4.34 Å². The quantitative estimate of drug-likeness (QED) is 0.359. The number of halogens is 2. The summed E-state index contributed by atoms with van der Waals surface area (Å²) in [5.41, 5.74) is 3.98. The highest BCUT2D eigenvalue weighted by atomic mass is 35.5. The number of hydrogen-bond acceptors (Lipinski definition) is 7. The minimum absolute atomic E-state index is 0. The molecule has 1 unspecified atom stereocenters. The Hall–Kier alpha value is -1.75. The van der Waals surface area contributed by atoms with E-state index in [9.17, 15) is 8.42 Å². The summed E-state index contributed by atoms with van der Waals surface area (Å²) in [5, 5.41) is 12.9. The highest BCUT2D eigenvalue weighted by Crippen LogP contribution is 2.53. The molecule has 0 radical (unpaired) electrons. The Bertz CT molecular complexity index is 1290. The van der Waals surface area contributed by atoms with E-state index in [4.69, 9.17) is 16.3 Å². The van der Waals surface area contributed by atoms with Crippen LogP contribution in [-0.4, -0.2) is 38.3 Å². The Morgan fingerprint density at radius 1 is 1.19 bits per heavy atom. The summed E-state index contributed by atoms with van der Waals surface area (Å²) in [7, 11) is -3.68. The van der Waals surface area contributed by atoms with E-state index in [1.54, 1.807) is 0 Å². The van der Waals surface area contributed by atoms with Gasteiger partial charge in [-0.25, -0.2) is 13.1 Å². The molecule has 7 nitrogen and oxygen atoms in total. The summed E-state index contributed by atoms with van der Waals surface area (Å²) in [6.45, 7) is 3.23. The summed E-state index contributed by atoms with van der Waals surface area (Å²) in [5.74, 6) is 0.742. The first-order valence-corrected chi connectivity index (χ1v) is 14.7. The molecular formula is C25H30Cl2N4O3S2. The lowest BCUT2D eigenvalue weighted by molar-refractivity contribution is 0.164. The molecule has 2 aliphatic rings. The normalized spacial score (nSPS) is 18.6. The van der Waals surface area contributed by atoms with Crippen LogP contribution in [0.25, 0.3) is 0 Å². The van der Waals surface area contributed by atoms with Crippen molar-refractivity contribution in [2.24, 2.45) is 0 Å². The minimum Gasteiger partial charge on any atom is -0.492 e. The van der Waals surface area contributed by atoms with E-state index in [0.717, 1.165) is 47.9 Å². The lowest BCUT2D eigenvalue weighted by atomic mass is 9.58. The van der Waals surface area contributed by atoms with Crippen LogP contribution in [-0.2, 0) is 28.3 Å². The van der Waals surface area contributed by atoms with Crippen molar-refractivity contribution in [3.63, 3.8) is 0 Å². The van der Waals surface area contributed by atoms with Gasteiger partial charge in [0, 0.05) is 23.0 Å². The topological polar surface area (TPSA) is 93.2 Å². The molecule has 36 heavy (non-hydrogen) atoms. The molecule has 0 amide bonds. The Morgan fingerprint density at radius 2 is 1.97 bits per heavy atom. The molecule has 1 fully saturated rings. The molecule has 1 atom stereocenters. The molecule has 2 heterocycles. The van der Waals surface area contributed by atoms with Gasteiger partial charge >= 0.3 is 0 Å². The van der Waals surface area contributed by atoms with Gasteiger partial charge in [-0.1, -0.05) is 54.5 Å². The highest BCUT2D eigenvalue weighted by Gasteiger charge is 2.47. The molecule has 0 spiro atoms. The third-order valence-electron chi connectivity index (χ3n) is 7.03. The van der Waals surface area contributed by atoms with E-state index < -0.39 is 10.0 Å². The highest BCUT2D eigenvalue weighted by molar-refractivity contribution is 7.91. The second kappa shape index (κ2) is 11.3. The van der Waals surface area contributed by atoms with Crippen LogP contribution >= 0.6 is 35.3 Å². The molecular weight excluding hydrogens is 539 g/mol. The van der Waals surface area contributed by atoms with Gasteiger partial charge in [-0.2, -0.15) is 0 Å². The van der Waals surface area contributed by atoms with E-state index in [2.05, 4.69) is 44.5 Å². The lowest BCUT2D eigenvalue weighted by Crippen LogP contribution is -2.49. The van der Waals surface area contributed by atoms with Crippen LogP contribution in [0.4, 0.5) is 0 Å². The third kappa shape index (κ3) is 5.42. The maximum absolute atomic E-state index is 12.4. The van der Waals surface area contributed by atoms with Gasteiger partial charge in [-0.15, -0.1) is 22.6 Å². The van der Waals surface area contributed by atoms with Crippen molar-refractivity contribution in [1.29, 1.82) is 0 Å². The zero-order valence-corrected chi connectivity index (χ0v) is 23.2. The average Bonchev–Trinajstić information content (AvgIpc) is 3.33. The molecule has 2 N–H and O–H groups in total. The number of aromatic nitrogens is 2. The van der Waals surface area contributed by atoms with Crippen LogP contribution in [0, 0.1) is 0 Å². The van der Waals surface area contributed by atoms with Crippen molar-refractivity contribution in [3.8, 4) is 5.75 Å². The van der Waals surface area contributed by atoms with Gasteiger partial charge in [0.05, 0.1) is 0 Å². The molecule has 1 aromatic heterocycles. The maximum atomic E-state index is 12.4. The molecule has 11 heteroatoms. The third-order valence-corrected chi connectivity index (χ3v) is 10.2. The first-order valence-electron chi connectivity index (χ1n) is 12.0. The second-order valence-electron chi connectivity index (χ2n) is 9.08. The molecule has 194 valence electrons. The van der Waals surface area contributed by atoms with Crippen molar-refractivity contribution < 1.29 is 13.2 Å². The Kier molecular flexibility index (Phi) is 8.59. The van der Waals surface area contributed by atoms with Crippen molar-refractivity contribution in [1.82, 2.24) is 20.2 Å². The lowest BCUT2D eigenvalue weighted by Gasteiger charge is -2.50. The van der Waals surface area contributed by atoms with Gasteiger partial charge in [0.25, 0.3) is 10.0 Å². The smallest absolute Gasteiger partial charge is 0.269 e. The predicted octanol–water partition coefficient (Wildman–Crippen LogP) is 4.84. The second-order valence-corrected chi connectivity index (χ2v) is 12.5. The Labute approximate surface area is 227 Å². The summed E-state index contributed by atoms with van der Waals surface area (Å²) < 4.78 is 33.4. The average molecular weight is 570 g/mol. The summed E-state index contributed by atoms with van der Waals surface area (Å²) in [6, 6.07) is 14.7. The minimum atomic E-state index is -3.68. The fourth-order valence-corrected chi connectivity index (χ4v) is 7.26. The number of ether oxygens (including phenoxy) is 1. The first-order chi connectivity index (χ1) is 16.9. The van der Waals surface area contributed by atoms with E-state index in [0.29, 0.717) is 11.4 Å². The van der Waals surface area contributed by atoms with Gasteiger partial charge in [-0.05, 0) is 73.2 Å². The van der Waals surface area contributed by atoms with E-state index in [1.807, 2.05) is 25.1 Å². The predicted molar refractivity (Wildman–Crippen MR) is 145 cm³/mol. The van der Waals surface area contributed by atoms with E-state index >= 15 is 0 Å². The van der Waals surface area contributed by atoms with Gasteiger partial charge in [0.1, 0.15) is 17.4 Å². The van der Waals surface area contributed by atoms with Crippen molar-refractivity contribution in [2.45, 2.75) is 54.8 Å². The number of nitrogens with one attached hydrogen (secondary N) is 2. The summed E-state index contributed by atoms with van der Waals surface area (Å²) >= 11 is 7.25. The van der Waals surface area contributed by atoms with Gasteiger partial charge in [-0.3, -0.25) is 0 Å². The van der Waals surface area contributed by atoms with Crippen LogP contribution in [0.5, 0.6) is 5.75 Å². The molecule has 5 rings (SSSR count). The molecule has 2 aromatic carbocycles. The number of rotatable bonds is 9. The SMILES string of the molecule is CCc1nnc(S(=O)(=O)NCCOc2ccc3c(c2)C(C2(c4ccc(Cl)cc4)CCC2)NCC3)s1.Cl. The van der Waals surface area contributed by atoms with Crippen LogP contribution in [0.2, 0.25) is 5.02 Å². The number of aryl methyl sites for hydroxylation is 1. The number of hydrogen-bond donors (Lipinski definition) is 2. The zero-order chi connectivity index (χ0) is 24.5. The maximum Gasteiger partial charge on any atom is 0.269 e. The van der Waals surface area contributed by atoms with Crippen molar-refractivity contribution >= 4 is 45.4 Å². The molecule has 1 saturated carbocycles. The number of sulfonamides is 1. The molecule has 0 bridgehead atoms. The van der Waals surface area contributed by atoms with Crippen molar-refractivity contribution in [3.05, 3.63) is 69.2 Å². The first kappa shape index (κ1) is 27.3. The molecule has 0 saturated heterocycles. The van der Waals surface area contributed by atoms with Gasteiger partial charge in [0.15, 0.2) is 0 Å². The van der Waals surface area contributed by atoms with Crippen molar-refractivity contribution in [2.75, 3.05) is 19.7 Å². The van der Waals surface area contributed by atoms with Crippen LogP contribution < -0.4 is 14.8 Å². The van der Waals surface area contributed by atoms with Crippen LogP contribution in [0.1, 0.15) is 53.9 Å². The van der Waals surface area contributed by atoms with Crippen LogP contribution in [0.15, 0.2) is 46.8 Å². The molecule has 1 aliphatic heterocycles. The Morgan fingerprint density at radius 3 is 2.64 bits per heavy atom. The standard InChI is InChI=1S/C25H29ClN4O3S2.ClH/c1-2-22-29-30-24(34-22)35(31,32)28-14-15-33-20-9-4-17-10-13-27-23(21(17)16-20)25(11-3-12-25)18-5-7-19(26)8-6-18;/h4-9,16,23,27-28H,2-3,10-15H2,1H3;1H.